The Morgan fingerprint density at radius 2 is 1.87 bits per heavy atom. The third-order valence-corrected chi connectivity index (χ3v) is 6.40. The maximum atomic E-state index is 14.4. The van der Waals surface area contributed by atoms with Gasteiger partial charge in [0.25, 0.3) is 0 Å². The van der Waals surface area contributed by atoms with Gasteiger partial charge >= 0.3 is 0 Å². The average molecular weight is 445 g/mol. The smallest absolute Gasteiger partial charge is 0.233 e. The Morgan fingerprint density at radius 1 is 1.16 bits per heavy atom. The molecule has 1 aliphatic heterocycles. The Bertz CT molecular complexity index is 888. The number of benzene rings is 2. The first-order valence-electron chi connectivity index (χ1n) is 10.5. The number of amides is 1. The number of Topliss-reactive ketones (excluding diaryl/α,β-unsaturated/α-hetero) is 1. The highest BCUT2D eigenvalue weighted by atomic mass is 32.2. The van der Waals surface area contributed by atoms with Crippen LogP contribution in [0, 0.1) is 5.82 Å². The van der Waals surface area contributed by atoms with Gasteiger partial charge in [-0.05, 0) is 31.5 Å². The molecule has 2 aromatic rings. The third kappa shape index (κ3) is 6.89. The number of thioether (sulfide) groups is 1. The molecular weight excluding hydrogens is 415 g/mol. The van der Waals surface area contributed by atoms with Crippen LogP contribution >= 0.6 is 11.8 Å². The van der Waals surface area contributed by atoms with E-state index in [4.69, 9.17) is 4.74 Å². The Labute approximate surface area is 187 Å². The number of ketones is 1. The van der Waals surface area contributed by atoms with Crippen LogP contribution in [0.2, 0.25) is 0 Å². The molecule has 0 aliphatic carbocycles. The fourth-order valence-corrected chi connectivity index (χ4v) is 4.39. The first kappa shape index (κ1) is 23.4. The van der Waals surface area contributed by atoms with E-state index in [1.165, 1.54) is 24.8 Å². The van der Waals surface area contributed by atoms with Crippen molar-refractivity contribution in [1.82, 2.24) is 9.80 Å². The minimum atomic E-state index is -0.471. The van der Waals surface area contributed by atoms with Crippen LogP contribution in [0.25, 0.3) is 0 Å². The van der Waals surface area contributed by atoms with Crippen molar-refractivity contribution >= 4 is 23.5 Å². The largest absolute Gasteiger partial charge is 0.379 e. The molecule has 0 saturated carbocycles. The summed E-state index contributed by atoms with van der Waals surface area (Å²) in [5.41, 5.74) is 1.39. The molecule has 1 unspecified atom stereocenters. The van der Waals surface area contributed by atoms with Gasteiger partial charge in [0.05, 0.1) is 19.0 Å². The molecule has 1 amide bonds. The predicted molar refractivity (Wildman–Crippen MR) is 121 cm³/mol. The zero-order chi connectivity index (χ0) is 22.2. The highest BCUT2D eigenvalue weighted by Crippen LogP contribution is 2.24. The number of morpholine rings is 1. The molecule has 2 aromatic carbocycles. The fraction of sp³-hybridized carbons (Fsp3) is 0.417. The maximum Gasteiger partial charge on any atom is 0.233 e. The molecule has 1 heterocycles. The van der Waals surface area contributed by atoms with E-state index >= 15 is 0 Å². The minimum Gasteiger partial charge on any atom is -0.379 e. The summed E-state index contributed by atoms with van der Waals surface area (Å²) in [7, 11) is 0. The molecule has 1 aliphatic rings. The second-order valence-electron chi connectivity index (χ2n) is 7.76. The molecule has 166 valence electrons. The van der Waals surface area contributed by atoms with Crippen molar-refractivity contribution < 1.29 is 18.7 Å². The summed E-state index contributed by atoms with van der Waals surface area (Å²) in [4.78, 5) is 29.2. The maximum absolute atomic E-state index is 14.4. The van der Waals surface area contributed by atoms with Crippen LogP contribution in [0.5, 0.6) is 0 Å². The molecule has 1 atom stereocenters. The number of carbonyl (C=O) groups excluding carboxylic acids is 2. The number of hydrogen-bond acceptors (Lipinski definition) is 5. The second kappa shape index (κ2) is 11.4. The van der Waals surface area contributed by atoms with Crippen LogP contribution in [0.15, 0.2) is 53.4 Å². The summed E-state index contributed by atoms with van der Waals surface area (Å²) < 4.78 is 19.8. The highest BCUT2D eigenvalue weighted by Gasteiger charge is 2.24. The van der Waals surface area contributed by atoms with Gasteiger partial charge in [-0.2, -0.15) is 0 Å². The monoisotopic (exact) mass is 444 g/mol. The summed E-state index contributed by atoms with van der Waals surface area (Å²) >= 11 is 1.17. The van der Waals surface area contributed by atoms with E-state index in [9.17, 15) is 14.0 Å². The lowest BCUT2D eigenvalue weighted by Crippen LogP contribution is -2.48. The van der Waals surface area contributed by atoms with Gasteiger partial charge in [-0.15, -0.1) is 11.8 Å². The van der Waals surface area contributed by atoms with E-state index in [-0.39, 0.29) is 23.5 Å². The van der Waals surface area contributed by atoms with E-state index in [1.807, 2.05) is 35.2 Å². The Morgan fingerprint density at radius 3 is 2.52 bits per heavy atom. The van der Waals surface area contributed by atoms with Gasteiger partial charge in [0.2, 0.25) is 5.91 Å². The Kier molecular flexibility index (Phi) is 8.63. The number of halogens is 1. The van der Waals surface area contributed by atoms with E-state index < -0.39 is 5.82 Å². The van der Waals surface area contributed by atoms with Crippen molar-refractivity contribution in [2.24, 2.45) is 0 Å². The average Bonchev–Trinajstić information content (AvgIpc) is 2.77. The van der Waals surface area contributed by atoms with Crippen LogP contribution in [0.4, 0.5) is 4.39 Å². The number of rotatable bonds is 9. The van der Waals surface area contributed by atoms with Crippen LogP contribution < -0.4 is 0 Å². The van der Waals surface area contributed by atoms with Gasteiger partial charge in [-0.25, -0.2) is 4.39 Å². The van der Waals surface area contributed by atoms with Crippen molar-refractivity contribution in [1.29, 1.82) is 0 Å². The standard InChI is InChI=1S/C24H29FN2O3S/c1-18(15-26-10-12-30-13-11-26)27(16-20-6-4-3-5-7-20)24(29)17-31-23-9-8-21(19(2)28)14-22(23)25/h3-9,14,18H,10-13,15-17H2,1-2H3. The van der Waals surface area contributed by atoms with Crippen molar-refractivity contribution in [2.45, 2.75) is 31.3 Å². The van der Waals surface area contributed by atoms with Crippen LogP contribution in [0.1, 0.15) is 29.8 Å². The van der Waals surface area contributed by atoms with Gasteiger partial charge < -0.3 is 9.64 Å². The van der Waals surface area contributed by atoms with Crippen LogP contribution in [-0.4, -0.2) is 66.1 Å². The Hall–Kier alpha value is -2.22. The van der Waals surface area contributed by atoms with Gasteiger partial charge in [0.15, 0.2) is 5.78 Å². The van der Waals surface area contributed by atoms with E-state index in [0.717, 1.165) is 25.2 Å². The van der Waals surface area contributed by atoms with Crippen molar-refractivity contribution in [3.05, 3.63) is 65.5 Å². The summed E-state index contributed by atoms with van der Waals surface area (Å²) in [6.07, 6.45) is 0. The number of hydrogen-bond donors (Lipinski definition) is 0. The molecule has 0 radical (unpaired) electrons. The molecule has 1 fully saturated rings. The van der Waals surface area contributed by atoms with E-state index in [0.29, 0.717) is 30.2 Å². The van der Waals surface area contributed by atoms with Gasteiger partial charge in [-0.3, -0.25) is 14.5 Å². The lowest BCUT2D eigenvalue weighted by molar-refractivity contribution is -0.131. The molecule has 1 saturated heterocycles. The summed E-state index contributed by atoms with van der Waals surface area (Å²) in [6.45, 7) is 7.90. The van der Waals surface area contributed by atoms with E-state index in [2.05, 4.69) is 11.8 Å². The van der Waals surface area contributed by atoms with Crippen molar-refractivity contribution in [3.8, 4) is 0 Å². The SMILES string of the molecule is CC(=O)c1ccc(SCC(=O)N(Cc2ccccc2)C(C)CN2CCOCC2)c(F)c1. The van der Waals surface area contributed by atoms with Crippen LogP contribution in [-0.2, 0) is 16.1 Å². The fourth-order valence-electron chi connectivity index (χ4n) is 3.59. The molecule has 0 N–H and O–H groups in total. The summed E-state index contributed by atoms with van der Waals surface area (Å²) in [5.74, 6) is -0.556. The molecule has 0 spiro atoms. The lowest BCUT2D eigenvalue weighted by atomic mass is 10.1. The lowest BCUT2D eigenvalue weighted by Gasteiger charge is -2.35. The zero-order valence-corrected chi connectivity index (χ0v) is 18.9. The topological polar surface area (TPSA) is 49.9 Å². The first-order valence-corrected chi connectivity index (χ1v) is 11.5. The first-order chi connectivity index (χ1) is 14.9. The third-order valence-electron chi connectivity index (χ3n) is 5.36. The minimum absolute atomic E-state index is 0.0105. The normalized spacial score (nSPS) is 15.5. The molecule has 3 rings (SSSR count). The number of ether oxygens (including phenoxy) is 1. The number of carbonyl (C=O) groups is 2. The summed E-state index contributed by atoms with van der Waals surface area (Å²) in [6, 6.07) is 14.3. The predicted octanol–water partition coefficient (Wildman–Crippen LogP) is 3.87. The highest BCUT2D eigenvalue weighted by molar-refractivity contribution is 8.00. The zero-order valence-electron chi connectivity index (χ0n) is 18.1. The van der Waals surface area contributed by atoms with Gasteiger partial charge in [-0.1, -0.05) is 36.4 Å². The molecule has 0 bridgehead atoms. The molecule has 7 heteroatoms. The van der Waals surface area contributed by atoms with Crippen molar-refractivity contribution in [3.63, 3.8) is 0 Å². The quantitative estimate of drug-likeness (QED) is 0.434. The van der Waals surface area contributed by atoms with Crippen LogP contribution in [0.3, 0.4) is 0 Å². The summed E-state index contributed by atoms with van der Waals surface area (Å²) in [5, 5.41) is 0. The number of nitrogens with zero attached hydrogens (tertiary/aromatic N) is 2. The van der Waals surface area contributed by atoms with E-state index in [1.54, 1.807) is 12.1 Å². The molecule has 0 aromatic heterocycles. The van der Waals surface area contributed by atoms with Gasteiger partial charge in [0, 0.05) is 42.7 Å². The molecular formula is C24H29FN2O3S. The van der Waals surface area contributed by atoms with Crippen molar-refractivity contribution in [2.75, 3.05) is 38.6 Å². The molecule has 5 nitrogen and oxygen atoms in total. The Balaban J connectivity index is 1.68. The second-order valence-corrected chi connectivity index (χ2v) is 8.78. The molecule has 31 heavy (non-hydrogen) atoms. The van der Waals surface area contributed by atoms with Gasteiger partial charge in [0.1, 0.15) is 5.82 Å².